The number of quaternary nitrogens is 1. The molecule has 0 aromatic carbocycles. The van der Waals surface area contributed by atoms with Crippen molar-refractivity contribution in [2.75, 3.05) is 46.6 Å². The van der Waals surface area contributed by atoms with E-state index in [-0.39, 0.29) is 59.3 Å². The summed E-state index contributed by atoms with van der Waals surface area (Å²) in [5, 5.41) is 51.9. The third kappa shape index (κ3) is 8.80. The van der Waals surface area contributed by atoms with Crippen molar-refractivity contribution in [2.45, 2.75) is 35.1 Å². The summed E-state index contributed by atoms with van der Waals surface area (Å²) in [5.74, 6) is 0. The molecule has 128 valence electrons. The Hall–Kier alpha value is -0.280. The molecular formula is C13H36NO6+. The van der Waals surface area contributed by atoms with Gasteiger partial charge in [-0.15, -0.1) is 0 Å². The summed E-state index contributed by atoms with van der Waals surface area (Å²) < 4.78 is -0.0556. The van der Waals surface area contributed by atoms with Crippen molar-refractivity contribution in [3.63, 3.8) is 0 Å². The van der Waals surface area contributed by atoms with E-state index >= 15 is 0 Å². The normalized spacial score (nSPS) is 10.8. The molecule has 0 bridgehead atoms. The molecular weight excluding hydrogens is 266 g/mol. The van der Waals surface area contributed by atoms with Crippen LogP contribution in [0.15, 0.2) is 0 Å². The van der Waals surface area contributed by atoms with E-state index in [4.69, 9.17) is 30.6 Å². The highest BCUT2D eigenvalue weighted by Gasteiger charge is 2.24. The molecule has 0 saturated carbocycles. The van der Waals surface area contributed by atoms with Gasteiger partial charge in [-0.2, -0.15) is 0 Å². The molecule has 0 aliphatic carbocycles. The molecule has 0 heterocycles. The van der Waals surface area contributed by atoms with Crippen LogP contribution in [-0.2, 0) is 0 Å². The summed E-state index contributed by atoms with van der Waals surface area (Å²) >= 11 is 0. The lowest BCUT2D eigenvalue weighted by Crippen LogP contribution is -2.49. The SMILES string of the molecule is C.C.CCC(CO)(CO)CO.CC[N+](CO)(CO)CO. The van der Waals surface area contributed by atoms with E-state index < -0.39 is 5.41 Å². The molecule has 0 rings (SSSR count). The van der Waals surface area contributed by atoms with Crippen LogP contribution in [-0.4, -0.2) is 81.7 Å². The van der Waals surface area contributed by atoms with Gasteiger partial charge < -0.3 is 30.6 Å². The van der Waals surface area contributed by atoms with Crippen molar-refractivity contribution >= 4 is 0 Å². The molecule has 0 aromatic rings. The smallest absolute Gasteiger partial charge is 0.183 e. The van der Waals surface area contributed by atoms with Crippen molar-refractivity contribution < 1.29 is 35.1 Å². The lowest BCUT2D eigenvalue weighted by atomic mass is 9.88. The fourth-order valence-corrected chi connectivity index (χ4v) is 0.920. The Bertz CT molecular complexity index is 129. The minimum Gasteiger partial charge on any atom is -0.396 e. The maximum absolute atomic E-state index is 8.66. The number of rotatable bonds is 8. The van der Waals surface area contributed by atoms with E-state index in [0.29, 0.717) is 13.0 Å². The summed E-state index contributed by atoms with van der Waals surface area (Å²) in [6.45, 7) is 3.02. The first-order chi connectivity index (χ1) is 8.49. The van der Waals surface area contributed by atoms with Gasteiger partial charge in [0.25, 0.3) is 0 Å². The average molecular weight is 302 g/mol. The molecule has 0 radical (unpaired) electrons. The third-order valence-electron chi connectivity index (χ3n) is 3.33. The van der Waals surface area contributed by atoms with Gasteiger partial charge in [-0.3, -0.25) is 4.48 Å². The number of aliphatic hydroxyl groups is 6. The van der Waals surface area contributed by atoms with Gasteiger partial charge in [-0.25, -0.2) is 0 Å². The molecule has 0 aliphatic rings. The largest absolute Gasteiger partial charge is 0.396 e. The maximum Gasteiger partial charge on any atom is 0.183 e. The minimum absolute atomic E-state index is 0. The van der Waals surface area contributed by atoms with E-state index in [2.05, 4.69) is 0 Å². The van der Waals surface area contributed by atoms with E-state index in [0.717, 1.165) is 0 Å². The molecule has 0 aliphatic heterocycles. The van der Waals surface area contributed by atoms with Crippen LogP contribution in [0.25, 0.3) is 0 Å². The van der Waals surface area contributed by atoms with Crippen molar-refractivity contribution in [3.05, 3.63) is 0 Å². The van der Waals surface area contributed by atoms with Crippen LogP contribution in [0.3, 0.4) is 0 Å². The van der Waals surface area contributed by atoms with Crippen molar-refractivity contribution in [3.8, 4) is 0 Å². The van der Waals surface area contributed by atoms with Gasteiger partial charge in [0.15, 0.2) is 20.2 Å². The standard InChI is InChI=1S/C6H14O3.C5H14NO3.2CH4/c2*1-2-6(3-7,4-8)5-9;;/h2*7-9H,2-5H2,1H3;2*1H4/q;+1;;. The highest BCUT2D eigenvalue weighted by Crippen LogP contribution is 2.18. The summed E-state index contributed by atoms with van der Waals surface area (Å²) in [5.41, 5.74) is -0.667. The number of nitrogens with zero attached hydrogens (tertiary/aromatic N) is 1. The molecule has 7 nitrogen and oxygen atoms in total. The van der Waals surface area contributed by atoms with Crippen molar-refractivity contribution in [1.29, 1.82) is 0 Å². The minimum atomic E-state index is -0.667. The van der Waals surface area contributed by atoms with Gasteiger partial charge in [0.05, 0.1) is 26.4 Å². The average Bonchev–Trinajstić information content (AvgIpc) is 2.46. The zero-order chi connectivity index (χ0) is 14.7. The zero-order valence-corrected chi connectivity index (χ0v) is 11.3. The molecule has 0 atom stereocenters. The molecule has 0 saturated heterocycles. The van der Waals surface area contributed by atoms with Crippen LogP contribution in [0.1, 0.15) is 35.1 Å². The highest BCUT2D eigenvalue weighted by atomic mass is 16.3. The number of hydrogen-bond donors (Lipinski definition) is 6. The van der Waals surface area contributed by atoms with E-state index in [9.17, 15) is 0 Å². The first kappa shape index (κ1) is 28.0. The predicted octanol–water partition coefficient (Wildman–Crippen LogP) is -0.696. The Balaban J connectivity index is -0.000000116. The van der Waals surface area contributed by atoms with Crippen molar-refractivity contribution in [1.82, 2.24) is 0 Å². The summed E-state index contributed by atoms with van der Waals surface area (Å²) in [6, 6.07) is 0. The Labute approximate surface area is 123 Å². The second kappa shape index (κ2) is 15.1. The zero-order valence-electron chi connectivity index (χ0n) is 11.3. The van der Waals surface area contributed by atoms with E-state index in [1.54, 1.807) is 6.92 Å². The van der Waals surface area contributed by atoms with Gasteiger partial charge in [-0.05, 0) is 13.3 Å². The van der Waals surface area contributed by atoms with Gasteiger partial charge in [-0.1, -0.05) is 21.8 Å². The van der Waals surface area contributed by atoms with E-state index in [1.165, 1.54) is 0 Å². The molecule has 20 heavy (non-hydrogen) atoms. The number of hydrogen-bond acceptors (Lipinski definition) is 6. The first-order valence-electron chi connectivity index (χ1n) is 5.99. The summed E-state index contributed by atoms with van der Waals surface area (Å²) in [7, 11) is 0. The van der Waals surface area contributed by atoms with Gasteiger partial charge >= 0.3 is 0 Å². The quantitative estimate of drug-likeness (QED) is 0.261. The fraction of sp³-hybridized carbons (Fsp3) is 1.00. The monoisotopic (exact) mass is 302 g/mol. The Morgan fingerprint density at radius 1 is 0.700 bits per heavy atom. The molecule has 0 unspecified atom stereocenters. The first-order valence-corrected chi connectivity index (χ1v) is 5.99. The van der Waals surface area contributed by atoms with Gasteiger partial charge in [0.1, 0.15) is 0 Å². The van der Waals surface area contributed by atoms with Gasteiger partial charge in [0, 0.05) is 5.41 Å². The molecule has 0 spiro atoms. The highest BCUT2D eigenvalue weighted by molar-refractivity contribution is 4.74. The fourth-order valence-electron chi connectivity index (χ4n) is 0.920. The molecule has 0 amide bonds. The molecule has 0 aromatic heterocycles. The molecule has 0 fully saturated rings. The number of aliphatic hydroxyl groups excluding tert-OH is 6. The van der Waals surface area contributed by atoms with Crippen LogP contribution in [0.4, 0.5) is 0 Å². The van der Waals surface area contributed by atoms with Crippen LogP contribution in [0, 0.1) is 5.41 Å². The Kier molecular flexibility index (Phi) is 21.1. The van der Waals surface area contributed by atoms with Crippen LogP contribution >= 0.6 is 0 Å². The predicted molar refractivity (Wildman–Crippen MR) is 79.5 cm³/mol. The Morgan fingerprint density at radius 3 is 1.00 bits per heavy atom. The molecule has 7 heteroatoms. The Morgan fingerprint density at radius 2 is 1.00 bits per heavy atom. The summed E-state index contributed by atoms with van der Waals surface area (Å²) in [4.78, 5) is 0. The second-order valence-electron chi connectivity index (χ2n) is 4.41. The molecule has 6 N–H and O–H groups in total. The summed E-state index contributed by atoms with van der Waals surface area (Å²) in [6.07, 6.45) is 0.594. The lowest BCUT2D eigenvalue weighted by Gasteiger charge is -2.30. The lowest BCUT2D eigenvalue weighted by molar-refractivity contribution is -0.975. The van der Waals surface area contributed by atoms with Gasteiger partial charge in [0.2, 0.25) is 0 Å². The topological polar surface area (TPSA) is 121 Å². The van der Waals surface area contributed by atoms with Crippen LogP contribution in [0.5, 0.6) is 0 Å². The third-order valence-corrected chi connectivity index (χ3v) is 3.33. The van der Waals surface area contributed by atoms with E-state index in [1.807, 2.05) is 6.92 Å². The van der Waals surface area contributed by atoms with Crippen molar-refractivity contribution in [2.24, 2.45) is 5.41 Å². The maximum atomic E-state index is 8.66. The van der Waals surface area contributed by atoms with Crippen LogP contribution < -0.4 is 0 Å². The van der Waals surface area contributed by atoms with Crippen LogP contribution in [0.2, 0.25) is 0 Å². The second-order valence-corrected chi connectivity index (χ2v) is 4.41.